The Labute approximate surface area is 49.3 Å². The summed E-state index contributed by atoms with van der Waals surface area (Å²) in [6.45, 7) is 5.61. The van der Waals surface area contributed by atoms with Gasteiger partial charge in [-0.2, -0.15) is 0 Å². The molecule has 0 saturated carbocycles. The van der Waals surface area contributed by atoms with Crippen molar-refractivity contribution in [2.45, 2.75) is 13.3 Å². The van der Waals surface area contributed by atoms with Gasteiger partial charge >= 0.3 is 0 Å². The Morgan fingerprint density at radius 3 is 2.62 bits per heavy atom. The van der Waals surface area contributed by atoms with Crippen LogP contribution >= 0.6 is 0 Å². The highest BCUT2D eigenvalue weighted by Crippen LogP contribution is 2.05. The minimum Gasteiger partial charge on any atom is -0.466 e. The predicted molar refractivity (Wildman–Crippen MR) is 32.5 cm³/mol. The first kappa shape index (κ1) is 5.42. The van der Waals surface area contributed by atoms with Gasteiger partial charge in [0.2, 0.25) is 0 Å². The number of aryl methyl sites for hydroxylation is 1. The third-order valence-corrected chi connectivity index (χ3v) is 1.04. The maximum Gasteiger partial charge on any atom is 0.104 e. The van der Waals surface area contributed by atoms with E-state index in [2.05, 4.69) is 6.92 Å². The summed E-state index contributed by atoms with van der Waals surface area (Å²) < 4.78 is 5.17. The summed E-state index contributed by atoms with van der Waals surface area (Å²) in [6.07, 6.45) is 0.744. The summed E-state index contributed by atoms with van der Waals surface area (Å²) >= 11 is 0. The van der Waals surface area contributed by atoms with Crippen LogP contribution in [0.25, 0.3) is 0 Å². The van der Waals surface area contributed by atoms with E-state index in [1.165, 1.54) is 0 Å². The highest BCUT2D eigenvalue weighted by Gasteiger charge is 1.91. The van der Waals surface area contributed by atoms with Crippen molar-refractivity contribution in [3.8, 4) is 0 Å². The summed E-state index contributed by atoms with van der Waals surface area (Å²) in [5.41, 5.74) is 0. The molecule has 0 N–H and O–H groups in total. The monoisotopic (exact) mass is 109 g/mol. The van der Waals surface area contributed by atoms with E-state index in [1.807, 2.05) is 19.1 Å². The highest BCUT2D eigenvalue weighted by molar-refractivity contribution is 5.05. The Hall–Kier alpha value is -0.720. The zero-order chi connectivity index (χ0) is 5.98. The van der Waals surface area contributed by atoms with Gasteiger partial charge < -0.3 is 4.42 Å². The lowest BCUT2D eigenvalue weighted by molar-refractivity contribution is 0.494. The molecular weight excluding hydrogens is 100 g/mol. The van der Waals surface area contributed by atoms with E-state index >= 15 is 0 Å². The zero-order valence-corrected chi connectivity index (χ0v) is 4.98. The fraction of sp³-hybridized carbons (Fsp3) is 0.286. The fourth-order valence-corrected chi connectivity index (χ4v) is 0.619. The second kappa shape index (κ2) is 2.03. The first-order valence-electron chi connectivity index (χ1n) is 2.67. The lowest BCUT2D eigenvalue weighted by atomic mass is 10.4. The van der Waals surface area contributed by atoms with E-state index in [4.69, 9.17) is 4.42 Å². The zero-order valence-electron chi connectivity index (χ0n) is 4.98. The molecule has 0 fully saturated rings. The van der Waals surface area contributed by atoms with Gasteiger partial charge in [0.25, 0.3) is 0 Å². The summed E-state index contributed by atoms with van der Waals surface area (Å²) in [4.78, 5) is 0. The first-order chi connectivity index (χ1) is 3.83. The van der Waals surface area contributed by atoms with Crippen LogP contribution in [-0.4, -0.2) is 0 Å². The van der Waals surface area contributed by atoms with Crippen LogP contribution in [0.5, 0.6) is 0 Å². The Morgan fingerprint density at radius 2 is 2.38 bits per heavy atom. The Bertz CT molecular complexity index is 165. The number of hydrogen-bond acceptors (Lipinski definition) is 1. The van der Waals surface area contributed by atoms with Crippen LogP contribution in [0, 0.1) is 13.8 Å². The molecule has 1 aromatic rings. The second-order valence-corrected chi connectivity index (χ2v) is 1.76. The average molecular weight is 109 g/mol. The molecule has 1 radical (unpaired) electrons. The molecule has 0 atom stereocenters. The van der Waals surface area contributed by atoms with Crippen molar-refractivity contribution in [1.29, 1.82) is 0 Å². The lowest BCUT2D eigenvalue weighted by Gasteiger charge is -1.82. The molecule has 0 spiro atoms. The van der Waals surface area contributed by atoms with Gasteiger partial charge in [0.05, 0.1) is 0 Å². The molecule has 8 heavy (non-hydrogen) atoms. The van der Waals surface area contributed by atoms with Gasteiger partial charge in [-0.1, -0.05) is 0 Å². The standard InChI is InChI=1S/C7H9O/c1-3-7-5-4-6(2)8-7/h4-5H,1,3H2,2H3. The smallest absolute Gasteiger partial charge is 0.104 e. The van der Waals surface area contributed by atoms with Crippen LogP contribution in [-0.2, 0) is 6.42 Å². The molecule has 0 saturated heterocycles. The molecule has 0 amide bonds. The van der Waals surface area contributed by atoms with Crippen LogP contribution in [0.15, 0.2) is 16.5 Å². The van der Waals surface area contributed by atoms with Crippen molar-refractivity contribution in [3.63, 3.8) is 0 Å². The van der Waals surface area contributed by atoms with E-state index in [0.717, 1.165) is 17.9 Å². The van der Waals surface area contributed by atoms with Gasteiger partial charge in [0.1, 0.15) is 11.5 Å². The van der Waals surface area contributed by atoms with Crippen molar-refractivity contribution in [1.82, 2.24) is 0 Å². The van der Waals surface area contributed by atoms with E-state index in [1.54, 1.807) is 0 Å². The van der Waals surface area contributed by atoms with Crippen molar-refractivity contribution < 1.29 is 4.42 Å². The molecule has 0 aromatic carbocycles. The molecule has 1 rings (SSSR count). The Balaban J connectivity index is 2.84. The number of furan rings is 1. The maximum absolute atomic E-state index is 5.17. The number of hydrogen-bond donors (Lipinski definition) is 0. The van der Waals surface area contributed by atoms with Gasteiger partial charge in [-0.25, -0.2) is 0 Å². The van der Waals surface area contributed by atoms with Crippen molar-refractivity contribution in [3.05, 3.63) is 30.6 Å². The van der Waals surface area contributed by atoms with Crippen LogP contribution < -0.4 is 0 Å². The summed E-state index contributed by atoms with van der Waals surface area (Å²) in [5.74, 6) is 1.92. The first-order valence-corrected chi connectivity index (χ1v) is 2.67. The molecule has 0 aliphatic rings. The molecule has 1 aromatic heterocycles. The van der Waals surface area contributed by atoms with E-state index in [9.17, 15) is 0 Å². The molecule has 1 heterocycles. The summed E-state index contributed by atoms with van der Waals surface area (Å²) in [7, 11) is 0. The largest absolute Gasteiger partial charge is 0.466 e. The molecule has 1 nitrogen and oxygen atoms in total. The lowest BCUT2D eigenvalue weighted by Crippen LogP contribution is -1.68. The minimum atomic E-state index is 0.744. The van der Waals surface area contributed by atoms with Gasteiger partial charge in [-0.05, 0) is 26.0 Å². The van der Waals surface area contributed by atoms with Crippen molar-refractivity contribution in [2.24, 2.45) is 0 Å². The van der Waals surface area contributed by atoms with Crippen molar-refractivity contribution >= 4 is 0 Å². The van der Waals surface area contributed by atoms with E-state index < -0.39 is 0 Å². The molecule has 0 aliphatic heterocycles. The summed E-state index contributed by atoms with van der Waals surface area (Å²) in [6, 6.07) is 3.89. The molecule has 1 heteroatoms. The summed E-state index contributed by atoms with van der Waals surface area (Å²) in [5, 5.41) is 0. The Morgan fingerprint density at radius 1 is 1.62 bits per heavy atom. The van der Waals surface area contributed by atoms with Gasteiger partial charge in [-0.3, -0.25) is 0 Å². The van der Waals surface area contributed by atoms with Crippen LogP contribution in [0.2, 0.25) is 0 Å². The van der Waals surface area contributed by atoms with Crippen LogP contribution in [0.1, 0.15) is 11.5 Å². The van der Waals surface area contributed by atoms with E-state index in [-0.39, 0.29) is 0 Å². The SMILES string of the molecule is [CH2]Cc1ccc(C)o1. The third kappa shape index (κ3) is 0.915. The van der Waals surface area contributed by atoms with Crippen molar-refractivity contribution in [2.75, 3.05) is 0 Å². The maximum atomic E-state index is 5.17. The van der Waals surface area contributed by atoms with Crippen LogP contribution in [0.3, 0.4) is 0 Å². The normalized spacial score (nSPS) is 9.75. The molecule has 43 valence electrons. The van der Waals surface area contributed by atoms with E-state index in [0.29, 0.717) is 0 Å². The molecular formula is C7H9O. The third-order valence-electron chi connectivity index (χ3n) is 1.04. The minimum absolute atomic E-state index is 0.744. The van der Waals surface area contributed by atoms with Gasteiger partial charge in [0, 0.05) is 6.42 Å². The second-order valence-electron chi connectivity index (χ2n) is 1.76. The van der Waals surface area contributed by atoms with Crippen LogP contribution in [0.4, 0.5) is 0 Å². The average Bonchev–Trinajstić information content (AvgIpc) is 2.14. The molecule has 0 unspecified atom stereocenters. The van der Waals surface area contributed by atoms with Gasteiger partial charge in [-0.15, -0.1) is 0 Å². The highest BCUT2D eigenvalue weighted by atomic mass is 16.3. The molecule has 0 aliphatic carbocycles. The quantitative estimate of drug-likeness (QED) is 0.537. The topological polar surface area (TPSA) is 13.1 Å². The molecule has 0 bridgehead atoms. The predicted octanol–water partition coefficient (Wildman–Crippen LogP) is 1.96. The van der Waals surface area contributed by atoms with Gasteiger partial charge in [0.15, 0.2) is 0 Å². The number of rotatable bonds is 1. The fourth-order valence-electron chi connectivity index (χ4n) is 0.619. The Kier molecular flexibility index (Phi) is 1.38.